The molecule has 1 fully saturated rings. The zero-order valence-corrected chi connectivity index (χ0v) is 20.8. The van der Waals surface area contributed by atoms with Gasteiger partial charge in [0, 0.05) is 46.1 Å². The first kappa shape index (κ1) is 23.9. The van der Waals surface area contributed by atoms with Crippen molar-refractivity contribution in [3.05, 3.63) is 72.3 Å². The number of anilines is 1. The molecular formula is C28H32N5O3+. The zero-order chi connectivity index (χ0) is 25.4. The van der Waals surface area contributed by atoms with Gasteiger partial charge in [-0.15, -0.1) is 0 Å². The molecule has 1 aliphatic carbocycles. The van der Waals surface area contributed by atoms with Crippen molar-refractivity contribution in [2.24, 2.45) is 0 Å². The molecule has 1 aromatic carbocycles. The lowest BCUT2D eigenvalue weighted by Gasteiger charge is -2.33. The zero-order valence-electron chi connectivity index (χ0n) is 20.8. The van der Waals surface area contributed by atoms with Crippen LogP contribution >= 0.6 is 0 Å². The van der Waals surface area contributed by atoms with Gasteiger partial charge in [0.1, 0.15) is 0 Å². The van der Waals surface area contributed by atoms with Crippen LogP contribution in [0.4, 0.5) is 5.69 Å². The second-order valence-corrected chi connectivity index (χ2v) is 10.3. The highest BCUT2D eigenvalue weighted by atomic mass is 16.5. The normalized spacial score (nSPS) is 20.1. The van der Waals surface area contributed by atoms with Crippen LogP contribution in [-0.2, 0) is 0 Å². The van der Waals surface area contributed by atoms with E-state index in [9.17, 15) is 15.1 Å². The van der Waals surface area contributed by atoms with Gasteiger partial charge in [0.25, 0.3) is 0 Å². The van der Waals surface area contributed by atoms with E-state index in [0.29, 0.717) is 17.1 Å². The van der Waals surface area contributed by atoms with E-state index in [-0.39, 0.29) is 17.7 Å². The SMILES string of the molecule is CC(C)c1cccc(C(=O)Nc2cc3cn(C4CCC(C)(O)CC4)nc3cc2-c2ccccn2)[n+]1O. The number of carbonyl (C=O) groups excluding carboxylic acids is 1. The number of aromatic nitrogens is 4. The molecule has 0 saturated heterocycles. The summed E-state index contributed by atoms with van der Waals surface area (Å²) < 4.78 is 2.94. The second-order valence-electron chi connectivity index (χ2n) is 10.3. The lowest BCUT2D eigenvalue weighted by molar-refractivity contribution is -0.911. The summed E-state index contributed by atoms with van der Waals surface area (Å²) in [7, 11) is 0. The lowest BCUT2D eigenvalue weighted by Crippen LogP contribution is -2.43. The van der Waals surface area contributed by atoms with Crippen molar-refractivity contribution in [2.45, 2.75) is 64.0 Å². The van der Waals surface area contributed by atoms with E-state index < -0.39 is 11.5 Å². The number of pyridine rings is 2. The van der Waals surface area contributed by atoms with E-state index in [1.807, 2.05) is 62.0 Å². The monoisotopic (exact) mass is 486 g/mol. The molecule has 1 aliphatic rings. The number of hydrogen-bond acceptors (Lipinski definition) is 5. The molecule has 3 aromatic heterocycles. The first-order valence-electron chi connectivity index (χ1n) is 12.4. The maximum Gasteiger partial charge on any atom is 0.325 e. The summed E-state index contributed by atoms with van der Waals surface area (Å²) in [4.78, 5) is 17.8. The fraction of sp³-hybridized carbons (Fsp3) is 0.357. The summed E-state index contributed by atoms with van der Waals surface area (Å²) >= 11 is 0. The Morgan fingerprint density at radius 3 is 2.64 bits per heavy atom. The van der Waals surface area contributed by atoms with Crippen molar-refractivity contribution >= 4 is 22.5 Å². The third kappa shape index (κ3) is 4.68. The number of nitrogens with zero attached hydrogens (tertiary/aromatic N) is 4. The number of benzene rings is 1. The van der Waals surface area contributed by atoms with Gasteiger partial charge < -0.3 is 10.4 Å². The van der Waals surface area contributed by atoms with Gasteiger partial charge in [0.05, 0.1) is 28.5 Å². The Morgan fingerprint density at radius 2 is 1.94 bits per heavy atom. The second kappa shape index (κ2) is 9.35. The molecule has 0 aliphatic heterocycles. The van der Waals surface area contributed by atoms with Crippen molar-refractivity contribution in [3.8, 4) is 11.3 Å². The van der Waals surface area contributed by atoms with Crippen LogP contribution in [0, 0.1) is 0 Å². The predicted molar refractivity (Wildman–Crippen MR) is 137 cm³/mol. The summed E-state index contributed by atoms with van der Waals surface area (Å²) in [5.74, 6) is -0.365. The Kier molecular flexibility index (Phi) is 6.22. The Morgan fingerprint density at radius 1 is 1.17 bits per heavy atom. The van der Waals surface area contributed by atoms with Gasteiger partial charge in [-0.3, -0.25) is 19.7 Å². The first-order chi connectivity index (χ1) is 17.2. The molecule has 0 atom stereocenters. The number of fused-ring (bicyclic) bond motifs is 1. The van der Waals surface area contributed by atoms with Crippen molar-refractivity contribution in [1.29, 1.82) is 0 Å². The number of amides is 1. The Labute approximate surface area is 210 Å². The first-order valence-corrected chi connectivity index (χ1v) is 12.4. The van der Waals surface area contributed by atoms with Crippen LogP contribution in [-0.4, -0.2) is 36.6 Å². The van der Waals surface area contributed by atoms with Crippen LogP contribution in [0.5, 0.6) is 0 Å². The number of rotatable bonds is 5. The van der Waals surface area contributed by atoms with Gasteiger partial charge in [-0.2, -0.15) is 5.10 Å². The van der Waals surface area contributed by atoms with Crippen molar-refractivity contribution in [2.75, 3.05) is 5.32 Å². The van der Waals surface area contributed by atoms with Crippen LogP contribution in [0.3, 0.4) is 0 Å². The van der Waals surface area contributed by atoms with Crippen molar-refractivity contribution < 1.29 is 19.8 Å². The van der Waals surface area contributed by atoms with Gasteiger partial charge in [-0.05, 0) is 62.9 Å². The molecular weight excluding hydrogens is 454 g/mol. The van der Waals surface area contributed by atoms with Crippen molar-refractivity contribution in [1.82, 2.24) is 14.8 Å². The van der Waals surface area contributed by atoms with Crippen molar-refractivity contribution in [3.63, 3.8) is 0 Å². The average Bonchev–Trinajstić information content (AvgIpc) is 3.26. The Hall–Kier alpha value is -3.78. The summed E-state index contributed by atoms with van der Waals surface area (Å²) in [6.07, 6.45) is 6.92. The van der Waals surface area contributed by atoms with E-state index in [2.05, 4.69) is 10.3 Å². The molecule has 1 saturated carbocycles. The minimum atomic E-state index is -0.608. The number of nitrogens with one attached hydrogen (secondary N) is 1. The van der Waals surface area contributed by atoms with E-state index >= 15 is 0 Å². The Bertz CT molecular complexity index is 1400. The highest BCUT2D eigenvalue weighted by molar-refractivity contribution is 6.06. The van der Waals surface area contributed by atoms with Gasteiger partial charge in [0.15, 0.2) is 0 Å². The topological polar surface area (TPSA) is 104 Å². The smallest absolute Gasteiger partial charge is 0.325 e. The van der Waals surface area contributed by atoms with E-state index in [1.165, 1.54) is 0 Å². The van der Waals surface area contributed by atoms with E-state index in [0.717, 1.165) is 46.9 Å². The highest BCUT2D eigenvalue weighted by Gasteiger charge is 2.30. The van der Waals surface area contributed by atoms with Gasteiger partial charge in [-0.1, -0.05) is 19.9 Å². The maximum absolute atomic E-state index is 13.3. The number of hydrogen-bond donors (Lipinski definition) is 3. The summed E-state index contributed by atoms with van der Waals surface area (Å²) in [6.45, 7) is 5.81. The number of aliphatic hydroxyl groups is 1. The molecule has 36 heavy (non-hydrogen) atoms. The van der Waals surface area contributed by atoms with Crippen LogP contribution in [0.2, 0.25) is 0 Å². The molecule has 3 N–H and O–H groups in total. The fourth-order valence-electron chi connectivity index (χ4n) is 4.92. The van der Waals surface area contributed by atoms with Gasteiger partial charge in [0.2, 0.25) is 5.69 Å². The molecule has 0 radical (unpaired) electrons. The molecule has 1 amide bonds. The molecule has 186 valence electrons. The summed E-state index contributed by atoms with van der Waals surface area (Å²) in [5.41, 5.74) is 3.05. The predicted octanol–water partition coefficient (Wildman–Crippen LogP) is 4.86. The minimum absolute atomic E-state index is 0.0532. The molecule has 8 heteroatoms. The fourth-order valence-corrected chi connectivity index (χ4v) is 4.92. The third-order valence-electron chi connectivity index (χ3n) is 7.07. The van der Waals surface area contributed by atoms with Crippen LogP contribution in [0.15, 0.2) is 60.9 Å². The molecule has 0 bridgehead atoms. The largest absolute Gasteiger partial charge is 0.390 e. The summed E-state index contributed by atoms with van der Waals surface area (Å²) in [6, 6.07) is 14.9. The maximum atomic E-state index is 13.3. The Balaban J connectivity index is 1.53. The van der Waals surface area contributed by atoms with Gasteiger partial charge >= 0.3 is 11.6 Å². The highest BCUT2D eigenvalue weighted by Crippen LogP contribution is 2.36. The average molecular weight is 487 g/mol. The minimum Gasteiger partial charge on any atom is -0.390 e. The molecule has 3 heterocycles. The van der Waals surface area contributed by atoms with E-state index in [1.54, 1.807) is 24.4 Å². The molecule has 4 aromatic rings. The molecule has 8 nitrogen and oxygen atoms in total. The molecule has 0 spiro atoms. The van der Waals surface area contributed by atoms with E-state index in [4.69, 9.17) is 5.10 Å². The van der Waals surface area contributed by atoms with Crippen LogP contribution in [0.25, 0.3) is 22.2 Å². The van der Waals surface area contributed by atoms with Gasteiger partial charge in [-0.25, -0.2) is 0 Å². The molecule has 5 rings (SSSR count). The third-order valence-corrected chi connectivity index (χ3v) is 7.07. The lowest BCUT2D eigenvalue weighted by atomic mass is 9.84. The molecule has 0 unspecified atom stereocenters. The van der Waals surface area contributed by atoms with Crippen LogP contribution in [0.1, 0.15) is 74.6 Å². The standard InChI is InChI=1S/C28H31N5O3/c1-18(2)25-8-6-9-26(33(25)36)27(34)30-24-15-19-17-32(20-10-12-28(3,35)13-11-20)31-23(19)16-21(24)22-7-4-5-14-29-22/h4-9,14-18,20,35H,10-13H2,1-3H3,(H-,30,34,36)/p+1. The quantitative estimate of drug-likeness (QED) is 0.276. The van der Waals surface area contributed by atoms with Crippen LogP contribution < -0.4 is 10.0 Å². The number of carbonyl (C=O) groups is 1. The summed E-state index contributed by atoms with van der Waals surface area (Å²) in [5, 5.41) is 29.7.